The van der Waals surface area contributed by atoms with Gasteiger partial charge in [0.05, 0.1) is 10.9 Å². The van der Waals surface area contributed by atoms with Gasteiger partial charge in [-0.05, 0) is 38.1 Å². The van der Waals surface area contributed by atoms with Crippen molar-refractivity contribution in [3.63, 3.8) is 0 Å². The van der Waals surface area contributed by atoms with Crippen molar-refractivity contribution < 1.29 is 9.18 Å². The van der Waals surface area contributed by atoms with E-state index in [1.54, 1.807) is 6.92 Å². The SMILES string of the molecule is Cc1nc(-c2ccccc2)cc2nnc(SC(C)C(=O)Nc3ccc(F)cc3)n12. The number of fused-ring (bicyclic) bond motifs is 1. The summed E-state index contributed by atoms with van der Waals surface area (Å²) in [5.41, 5.74) is 3.04. The van der Waals surface area contributed by atoms with Gasteiger partial charge in [-0.3, -0.25) is 9.20 Å². The number of anilines is 1. The smallest absolute Gasteiger partial charge is 0.237 e. The summed E-state index contributed by atoms with van der Waals surface area (Å²) in [6.45, 7) is 3.67. The van der Waals surface area contributed by atoms with Crippen LogP contribution in [-0.2, 0) is 4.79 Å². The van der Waals surface area contributed by atoms with E-state index in [4.69, 9.17) is 0 Å². The summed E-state index contributed by atoms with van der Waals surface area (Å²) in [5.74, 6) is 0.183. The van der Waals surface area contributed by atoms with Gasteiger partial charge in [0.15, 0.2) is 10.8 Å². The molecule has 0 saturated carbocycles. The first-order valence-electron chi connectivity index (χ1n) is 9.02. The minimum absolute atomic E-state index is 0.204. The number of halogens is 1. The lowest BCUT2D eigenvalue weighted by Gasteiger charge is -2.12. The van der Waals surface area contributed by atoms with Crippen molar-refractivity contribution in [3.05, 3.63) is 72.3 Å². The molecular weight excluding hydrogens is 389 g/mol. The summed E-state index contributed by atoms with van der Waals surface area (Å²) in [6, 6.07) is 17.4. The van der Waals surface area contributed by atoms with E-state index in [1.807, 2.05) is 47.7 Å². The van der Waals surface area contributed by atoms with Crippen molar-refractivity contribution in [3.8, 4) is 11.3 Å². The van der Waals surface area contributed by atoms with Crippen LogP contribution in [0.25, 0.3) is 16.9 Å². The molecule has 2 aromatic carbocycles. The van der Waals surface area contributed by atoms with Crippen LogP contribution in [-0.4, -0.2) is 30.7 Å². The van der Waals surface area contributed by atoms with E-state index in [-0.39, 0.29) is 11.7 Å². The van der Waals surface area contributed by atoms with Gasteiger partial charge in [0.25, 0.3) is 0 Å². The summed E-state index contributed by atoms with van der Waals surface area (Å²) in [6.07, 6.45) is 0. The molecule has 0 aliphatic heterocycles. The number of carbonyl (C=O) groups excluding carboxylic acids is 1. The van der Waals surface area contributed by atoms with Crippen molar-refractivity contribution in [2.75, 3.05) is 5.32 Å². The van der Waals surface area contributed by atoms with Crippen molar-refractivity contribution >= 4 is 29.0 Å². The van der Waals surface area contributed by atoms with Crippen molar-refractivity contribution in [2.24, 2.45) is 0 Å². The number of amides is 1. The Kier molecular flexibility index (Phi) is 5.26. The fourth-order valence-electron chi connectivity index (χ4n) is 2.88. The summed E-state index contributed by atoms with van der Waals surface area (Å²) in [5, 5.41) is 11.4. The zero-order chi connectivity index (χ0) is 20.4. The highest BCUT2D eigenvalue weighted by molar-refractivity contribution is 8.00. The molecule has 2 heterocycles. The third-order valence-electron chi connectivity index (χ3n) is 4.36. The van der Waals surface area contributed by atoms with Crippen LogP contribution in [0.4, 0.5) is 10.1 Å². The number of benzene rings is 2. The molecule has 1 atom stereocenters. The standard InChI is InChI=1S/C21H18FN5OS/c1-13(20(28)24-17-10-8-16(22)9-11-17)29-21-26-25-19-12-18(23-14(2)27(19)21)15-6-4-3-5-7-15/h3-13H,1-2H3,(H,24,28). The number of hydrogen-bond donors (Lipinski definition) is 1. The summed E-state index contributed by atoms with van der Waals surface area (Å²) in [4.78, 5) is 17.2. The predicted octanol–water partition coefficient (Wildman–Crippen LogP) is 4.36. The fourth-order valence-corrected chi connectivity index (χ4v) is 3.78. The molecule has 0 fully saturated rings. The molecule has 146 valence electrons. The van der Waals surface area contributed by atoms with E-state index in [9.17, 15) is 9.18 Å². The summed E-state index contributed by atoms with van der Waals surface area (Å²) in [7, 11) is 0. The first-order valence-corrected chi connectivity index (χ1v) is 9.90. The number of aromatic nitrogens is 4. The maximum Gasteiger partial charge on any atom is 0.237 e. The number of thioether (sulfide) groups is 1. The first kappa shape index (κ1) is 19.1. The molecule has 0 aliphatic carbocycles. The topological polar surface area (TPSA) is 72.2 Å². The van der Waals surface area contributed by atoms with Crippen LogP contribution in [0.15, 0.2) is 65.8 Å². The Morgan fingerprint density at radius 2 is 1.83 bits per heavy atom. The van der Waals surface area contributed by atoms with E-state index < -0.39 is 5.25 Å². The Morgan fingerprint density at radius 3 is 2.55 bits per heavy atom. The Morgan fingerprint density at radius 1 is 1.10 bits per heavy atom. The molecule has 6 nitrogen and oxygen atoms in total. The highest BCUT2D eigenvalue weighted by Gasteiger charge is 2.19. The van der Waals surface area contributed by atoms with Crippen LogP contribution in [0.3, 0.4) is 0 Å². The first-order chi connectivity index (χ1) is 14.0. The van der Waals surface area contributed by atoms with Crippen molar-refractivity contribution in [1.29, 1.82) is 0 Å². The molecule has 1 amide bonds. The minimum Gasteiger partial charge on any atom is -0.325 e. The maximum atomic E-state index is 13.0. The van der Waals surface area contributed by atoms with Gasteiger partial charge >= 0.3 is 0 Å². The van der Waals surface area contributed by atoms with Gasteiger partial charge in [0, 0.05) is 17.3 Å². The normalized spacial score (nSPS) is 12.1. The summed E-state index contributed by atoms with van der Waals surface area (Å²) >= 11 is 1.29. The lowest BCUT2D eigenvalue weighted by Crippen LogP contribution is -2.22. The van der Waals surface area contributed by atoms with E-state index in [2.05, 4.69) is 20.5 Å². The van der Waals surface area contributed by atoms with Crippen LogP contribution in [0.5, 0.6) is 0 Å². The number of nitrogens with one attached hydrogen (secondary N) is 1. The summed E-state index contributed by atoms with van der Waals surface area (Å²) < 4.78 is 14.8. The monoisotopic (exact) mass is 407 g/mol. The zero-order valence-corrected chi connectivity index (χ0v) is 16.7. The molecule has 0 bridgehead atoms. The number of carbonyl (C=O) groups is 1. The van der Waals surface area contributed by atoms with Crippen molar-refractivity contribution in [1.82, 2.24) is 19.6 Å². The van der Waals surface area contributed by atoms with Crippen LogP contribution >= 0.6 is 11.8 Å². The highest BCUT2D eigenvalue weighted by atomic mass is 32.2. The zero-order valence-electron chi connectivity index (χ0n) is 15.8. The second-order valence-corrected chi connectivity index (χ2v) is 7.79. The number of nitrogens with zero attached hydrogens (tertiary/aromatic N) is 4. The molecule has 29 heavy (non-hydrogen) atoms. The largest absolute Gasteiger partial charge is 0.325 e. The van der Waals surface area contributed by atoms with Gasteiger partial charge in [-0.1, -0.05) is 42.1 Å². The second-order valence-electron chi connectivity index (χ2n) is 6.49. The second kappa shape index (κ2) is 8.00. The highest BCUT2D eigenvalue weighted by Crippen LogP contribution is 2.26. The van der Waals surface area contributed by atoms with Crippen LogP contribution in [0.1, 0.15) is 12.7 Å². The molecule has 1 N–H and O–H groups in total. The maximum absolute atomic E-state index is 13.0. The molecule has 4 rings (SSSR count). The lowest BCUT2D eigenvalue weighted by molar-refractivity contribution is -0.115. The van der Waals surface area contributed by atoms with Crippen molar-refractivity contribution in [2.45, 2.75) is 24.3 Å². The van der Waals surface area contributed by atoms with E-state index in [1.165, 1.54) is 36.0 Å². The molecule has 1 unspecified atom stereocenters. The van der Waals surface area contributed by atoms with Gasteiger partial charge in [-0.2, -0.15) is 0 Å². The van der Waals surface area contributed by atoms with Gasteiger partial charge in [-0.25, -0.2) is 9.37 Å². The van der Waals surface area contributed by atoms with Gasteiger partial charge in [0.1, 0.15) is 11.6 Å². The van der Waals surface area contributed by atoms with E-state index in [0.717, 1.165) is 17.1 Å². The Hall–Kier alpha value is -3.26. The van der Waals surface area contributed by atoms with E-state index >= 15 is 0 Å². The molecule has 0 saturated heterocycles. The predicted molar refractivity (Wildman–Crippen MR) is 111 cm³/mol. The molecule has 4 aromatic rings. The van der Waals surface area contributed by atoms with Crippen LogP contribution in [0, 0.1) is 12.7 Å². The van der Waals surface area contributed by atoms with Gasteiger partial charge in [0.2, 0.25) is 5.91 Å². The third-order valence-corrected chi connectivity index (χ3v) is 5.41. The molecular formula is C21H18FN5OS. The fraction of sp³-hybridized carbons (Fsp3) is 0.143. The average molecular weight is 407 g/mol. The van der Waals surface area contributed by atoms with Gasteiger partial charge < -0.3 is 5.32 Å². The quantitative estimate of drug-likeness (QED) is 0.498. The Labute approximate surface area is 171 Å². The van der Waals surface area contributed by atoms with Crippen LogP contribution < -0.4 is 5.32 Å². The molecule has 0 radical (unpaired) electrons. The van der Waals surface area contributed by atoms with E-state index in [0.29, 0.717) is 16.5 Å². The number of rotatable bonds is 5. The number of hydrogen-bond acceptors (Lipinski definition) is 5. The minimum atomic E-state index is -0.430. The third kappa shape index (κ3) is 4.12. The Balaban J connectivity index is 1.55. The molecule has 0 aliphatic rings. The average Bonchev–Trinajstić information content (AvgIpc) is 3.13. The molecule has 0 spiro atoms. The van der Waals surface area contributed by atoms with Crippen LogP contribution in [0.2, 0.25) is 0 Å². The molecule has 2 aromatic heterocycles. The Bertz CT molecular complexity index is 1160. The number of aryl methyl sites for hydroxylation is 1. The van der Waals surface area contributed by atoms with Gasteiger partial charge in [-0.15, -0.1) is 10.2 Å². The molecule has 8 heteroatoms. The lowest BCUT2D eigenvalue weighted by atomic mass is 10.1.